The van der Waals surface area contributed by atoms with Crippen molar-refractivity contribution in [3.05, 3.63) is 61.2 Å². The molecule has 1 aromatic carbocycles. The Kier molecular flexibility index (Phi) is 5.54. The largest absolute Gasteiger partial charge is 0.394 e. The van der Waals surface area contributed by atoms with Crippen molar-refractivity contribution >= 4 is 0 Å². The second kappa shape index (κ2) is 6.99. The van der Waals surface area contributed by atoms with E-state index in [1.54, 1.807) is 0 Å². The van der Waals surface area contributed by atoms with Gasteiger partial charge in [0.15, 0.2) is 0 Å². The lowest BCUT2D eigenvalue weighted by Gasteiger charge is -2.28. The third-order valence-corrected chi connectivity index (χ3v) is 2.53. The van der Waals surface area contributed by atoms with Crippen molar-refractivity contribution in [3.8, 4) is 0 Å². The normalized spacial score (nSPS) is 12.4. The molecule has 0 saturated carbocycles. The van der Waals surface area contributed by atoms with Gasteiger partial charge in [-0.1, -0.05) is 42.5 Å². The molecule has 1 N–H and O–H groups in total. The van der Waals surface area contributed by atoms with Gasteiger partial charge in [0.25, 0.3) is 0 Å². The molecule has 2 nitrogen and oxygen atoms in total. The zero-order valence-corrected chi connectivity index (χ0v) is 9.55. The summed E-state index contributed by atoms with van der Waals surface area (Å²) in [6, 6.07) is 10.0. The first-order valence-electron chi connectivity index (χ1n) is 5.45. The van der Waals surface area contributed by atoms with Crippen LogP contribution in [-0.2, 0) is 0 Å². The first-order valence-corrected chi connectivity index (χ1v) is 5.45. The Balaban J connectivity index is 2.85. The minimum absolute atomic E-state index is 0.0113. The van der Waals surface area contributed by atoms with Gasteiger partial charge in [0.2, 0.25) is 0 Å². The Bertz CT molecular complexity index is 311. The predicted octanol–water partition coefficient (Wildman–Crippen LogP) is 2.39. The molecule has 0 aliphatic heterocycles. The van der Waals surface area contributed by atoms with Crippen LogP contribution in [-0.4, -0.2) is 29.7 Å². The summed E-state index contributed by atoms with van der Waals surface area (Å²) in [7, 11) is 0. The second-order valence-electron chi connectivity index (χ2n) is 3.64. The summed E-state index contributed by atoms with van der Waals surface area (Å²) < 4.78 is 0. The van der Waals surface area contributed by atoms with Crippen LogP contribution in [0.15, 0.2) is 55.6 Å². The van der Waals surface area contributed by atoms with Gasteiger partial charge in [-0.25, -0.2) is 0 Å². The maximum absolute atomic E-state index is 9.49. The molecule has 1 atom stereocenters. The van der Waals surface area contributed by atoms with Crippen LogP contribution in [0.4, 0.5) is 0 Å². The third-order valence-electron chi connectivity index (χ3n) is 2.53. The Morgan fingerprint density at radius 2 is 1.69 bits per heavy atom. The van der Waals surface area contributed by atoms with E-state index in [2.05, 4.69) is 18.1 Å². The van der Waals surface area contributed by atoms with Crippen molar-refractivity contribution < 1.29 is 5.11 Å². The van der Waals surface area contributed by atoms with Crippen LogP contribution in [0.25, 0.3) is 0 Å². The zero-order valence-electron chi connectivity index (χ0n) is 9.55. The SMILES string of the molecule is C=CCN(CC=C)C(CO)c1ccccc1. The average Bonchev–Trinajstić information content (AvgIpc) is 2.32. The van der Waals surface area contributed by atoms with Gasteiger partial charge in [-0.15, -0.1) is 13.2 Å². The summed E-state index contributed by atoms with van der Waals surface area (Å²) in [4.78, 5) is 2.13. The molecule has 16 heavy (non-hydrogen) atoms. The minimum atomic E-state index is 0.0113. The van der Waals surface area contributed by atoms with Gasteiger partial charge in [0.1, 0.15) is 0 Å². The Morgan fingerprint density at radius 3 is 2.12 bits per heavy atom. The molecule has 86 valence electrons. The second-order valence-corrected chi connectivity index (χ2v) is 3.64. The molecule has 0 fully saturated rings. The zero-order chi connectivity index (χ0) is 11.8. The summed E-state index contributed by atoms with van der Waals surface area (Å²) in [5.41, 5.74) is 1.12. The summed E-state index contributed by atoms with van der Waals surface area (Å²) in [5, 5.41) is 9.49. The van der Waals surface area contributed by atoms with Crippen molar-refractivity contribution in [1.82, 2.24) is 4.90 Å². The van der Waals surface area contributed by atoms with Crippen molar-refractivity contribution in [1.29, 1.82) is 0 Å². The Labute approximate surface area is 97.5 Å². The van der Waals surface area contributed by atoms with Gasteiger partial charge in [0, 0.05) is 13.1 Å². The Hall–Kier alpha value is -1.38. The lowest BCUT2D eigenvalue weighted by atomic mass is 10.1. The standard InChI is InChI=1S/C14H19NO/c1-3-10-15(11-4-2)14(12-16)13-8-6-5-7-9-13/h3-9,14,16H,1-2,10-12H2. The maximum Gasteiger partial charge on any atom is 0.0628 e. The van der Waals surface area contributed by atoms with Crippen LogP contribution in [0, 0.1) is 0 Å². The molecule has 1 rings (SSSR count). The molecule has 0 aromatic heterocycles. The van der Waals surface area contributed by atoms with E-state index in [-0.39, 0.29) is 12.6 Å². The molecule has 0 amide bonds. The van der Waals surface area contributed by atoms with E-state index in [1.165, 1.54) is 0 Å². The number of benzene rings is 1. The summed E-state index contributed by atoms with van der Waals surface area (Å²) in [6.45, 7) is 9.06. The molecular formula is C14H19NO. The van der Waals surface area contributed by atoms with E-state index in [9.17, 15) is 5.11 Å². The van der Waals surface area contributed by atoms with Crippen molar-refractivity contribution in [2.24, 2.45) is 0 Å². The van der Waals surface area contributed by atoms with Crippen LogP contribution in [0.2, 0.25) is 0 Å². The van der Waals surface area contributed by atoms with Crippen molar-refractivity contribution in [3.63, 3.8) is 0 Å². The van der Waals surface area contributed by atoms with E-state index in [0.29, 0.717) is 0 Å². The predicted molar refractivity (Wildman–Crippen MR) is 68.2 cm³/mol. The maximum atomic E-state index is 9.49. The summed E-state index contributed by atoms with van der Waals surface area (Å²) in [5.74, 6) is 0. The molecule has 0 radical (unpaired) electrons. The molecular weight excluding hydrogens is 198 g/mol. The van der Waals surface area contributed by atoms with Gasteiger partial charge in [-0.3, -0.25) is 4.90 Å². The van der Waals surface area contributed by atoms with E-state index in [1.807, 2.05) is 42.5 Å². The lowest BCUT2D eigenvalue weighted by molar-refractivity contribution is 0.146. The first kappa shape index (κ1) is 12.7. The van der Waals surface area contributed by atoms with Crippen LogP contribution in [0.3, 0.4) is 0 Å². The third kappa shape index (κ3) is 3.33. The fourth-order valence-corrected chi connectivity index (χ4v) is 1.77. The van der Waals surface area contributed by atoms with E-state index < -0.39 is 0 Å². The fraction of sp³-hybridized carbons (Fsp3) is 0.286. The summed E-state index contributed by atoms with van der Waals surface area (Å²) in [6.07, 6.45) is 3.68. The van der Waals surface area contributed by atoms with Gasteiger partial charge < -0.3 is 5.11 Å². The van der Waals surface area contributed by atoms with Crippen LogP contribution < -0.4 is 0 Å². The molecule has 0 bridgehead atoms. The Morgan fingerprint density at radius 1 is 1.12 bits per heavy atom. The number of rotatable bonds is 7. The van der Waals surface area contributed by atoms with Gasteiger partial charge in [-0.05, 0) is 5.56 Å². The quantitative estimate of drug-likeness (QED) is 0.709. The average molecular weight is 217 g/mol. The van der Waals surface area contributed by atoms with Crippen LogP contribution >= 0.6 is 0 Å². The molecule has 0 aliphatic carbocycles. The summed E-state index contributed by atoms with van der Waals surface area (Å²) >= 11 is 0. The topological polar surface area (TPSA) is 23.5 Å². The molecule has 0 saturated heterocycles. The number of hydrogen-bond acceptors (Lipinski definition) is 2. The van der Waals surface area contributed by atoms with E-state index in [0.717, 1.165) is 18.7 Å². The van der Waals surface area contributed by atoms with Crippen LogP contribution in [0.5, 0.6) is 0 Å². The highest BCUT2D eigenvalue weighted by Crippen LogP contribution is 2.19. The number of aliphatic hydroxyl groups is 1. The number of aliphatic hydroxyl groups excluding tert-OH is 1. The molecule has 0 spiro atoms. The molecule has 0 aliphatic rings. The minimum Gasteiger partial charge on any atom is -0.394 e. The highest BCUT2D eigenvalue weighted by atomic mass is 16.3. The molecule has 1 aromatic rings. The van der Waals surface area contributed by atoms with Gasteiger partial charge >= 0.3 is 0 Å². The smallest absolute Gasteiger partial charge is 0.0628 e. The molecule has 2 heteroatoms. The van der Waals surface area contributed by atoms with Gasteiger partial charge in [0.05, 0.1) is 12.6 Å². The number of nitrogens with zero attached hydrogens (tertiary/aromatic N) is 1. The van der Waals surface area contributed by atoms with E-state index in [4.69, 9.17) is 0 Å². The molecule has 1 unspecified atom stereocenters. The highest BCUT2D eigenvalue weighted by molar-refractivity contribution is 5.19. The van der Waals surface area contributed by atoms with Crippen molar-refractivity contribution in [2.45, 2.75) is 6.04 Å². The lowest BCUT2D eigenvalue weighted by Crippen LogP contribution is -2.31. The monoisotopic (exact) mass is 217 g/mol. The fourth-order valence-electron chi connectivity index (χ4n) is 1.77. The van der Waals surface area contributed by atoms with E-state index >= 15 is 0 Å². The van der Waals surface area contributed by atoms with Gasteiger partial charge in [-0.2, -0.15) is 0 Å². The van der Waals surface area contributed by atoms with Crippen molar-refractivity contribution in [2.75, 3.05) is 19.7 Å². The molecule has 0 heterocycles. The van der Waals surface area contributed by atoms with Crippen LogP contribution in [0.1, 0.15) is 11.6 Å². The highest BCUT2D eigenvalue weighted by Gasteiger charge is 2.16. The number of hydrogen-bond donors (Lipinski definition) is 1. The first-order chi connectivity index (χ1) is 7.83.